The molecule has 1 amide bonds. The predicted molar refractivity (Wildman–Crippen MR) is 70.7 cm³/mol. The van der Waals surface area contributed by atoms with Gasteiger partial charge in [-0.25, -0.2) is 13.1 Å². The minimum absolute atomic E-state index is 0.204. The Morgan fingerprint density at radius 2 is 2.37 bits per heavy atom. The van der Waals surface area contributed by atoms with Crippen molar-refractivity contribution in [3.8, 4) is 0 Å². The standard InChI is InChI=1S/C12H16N2O4S/c1-13-19(16,17)11-6-7-14(9-11)12(15)5-4-10-3-2-8-18-10/h2-5,8,11,13H,6-7,9H2,1H3/b5-4+. The number of likely N-dealkylation sites (tertiary alicyclic amines) is 1. The third-order valence-corrected chi connectivity index (χ3v) is 4.94. The number of hydrogen-bond donors (Lipinski definition) is 1. The molecule has 0 bridgehead atoms. The highest BCUT2D eigenvalue weighted by Gasteiger charge is 2.33. The Labute approximate surface area is 112 Å². The lowest BCUT2D eigenvalue weighted by atomic mass is 10.3. The molecule has 0 spiro atoms. The highest BCUT2D eigenvalue weighted by molar-refractivity contribution is 7.90. The van der Waals surface area contributed by atoms with Gasteiger partial charge in [-0.15, -0.1) is 0 Å². The maximum Gasteiger partial charge on any atom is 0.246 e. The third-order valence-electron chi connectivity index (χ3n) is 3.11. The molecule has 1 aromatic heterocycles. The van der Waals surface area contributed by atoms with Gasteiger partial charge < -0.3 is 9.32 Å². The molecule has 1 unspecified atom stereocenters. The minimum atomic E-state index is -3.31. The van der Waals surface area contributed by atoms with Gasteiger partial charge >= 0.3 is 0 Å². The number of nitrogens with zero attached hydrogens (tertiary/aromatic N) is 1. The van der Waals surface area contributed by atoms with Crippen LogP contribution in [0.5, 0.6) is 0 Å². The van der Waals surface area contributed by atoms with Gasteiger partial charge in [0, 0.05) is 19.2 Å². The van der Waals surface area contributed by atoms with E-state index in [9.17, 15) is 13.2 Å². The summed E-state index contributed by atoms with van der Waals surface area (Å²) in [6, 6.07) is 3.47. The zero-order chi connectivity index (χ0) is 13.9. The molecule has 1 N–H and O–H groups in total. The van der Waals surface area contributed by atoms with Gasteiger partial charge in [-0.05, 0) is 31.7 Å². The normalized spacial score (nSPS) is 20.3. The van der Waals surface area contributed by atoms with Crippen molar-refractivity contribution >= 4 is 22.0 Å². The summed E-state index contributed by atoms with van der Waals surface area (Å²) in [5.41, 5.74) is 0. The Kier molecular flexibility index (Phi) is 4.06. The molecule has 6 nitrogen and oxygen atoms in total. The number of furan rings is 1. The van der Waals surface area contributed by atoms with E-state index in [1.54, 1.807) is 18.2 Å². The average Bonchev–Trinajstić information content (AvgIpc) is 3.07. The van der Waals surface area contributed by atoms with Crippen LogP contribution in [0.1, 0.15) is 12.2 Å². The Balaban J connectivity index is 1.96. The van der Waals surface area contributed by atoms with Gasteiger partial charge in [0.1, 0.15) is 5.76 Å². The average molecular weight is 284 g/mol. The van der Waals surface area contributed by atoms with E-state index in [-0.39, 0.29) is 12.5 Å². The van der Waals surface area contributed by atoms with Crippen LogP contribution in [0.4, 0.5) is 0 Å². The van der Waals surface area contributed by atoms with Crippen LogP contribution in [0.15, 0.2) is 28.9 Å². The lowest BCUT2D eigenvalue weighted by molar-refractivity contribution is -0.124. The zero-order valence-electron chi connectivity index (χ0n) is 10.6. The summed E-state index contributed by atoms with van der Waals surface area (Å²) in [6.07, 6.45) is 4.95. The monoisotopic (exact) mass is 284 g/mol. The van der Waals surface area contributed by atoms with Crippen LogP contribution in [-0.2, 0) is 14.8 Å². The molecule has 1 aliphatic heterocycles. The molecule has 1 aliphatic rings. The molecule has 1 fully saturated rings. The Morgan fingerprint density at radius 1 is 1.58 bits per heavy atom. The summed E-state index contributed by atoms with van der Waals surface area (Å²) in [6.45, 7) is 0.678. The molecule has 19 heavy (non-hydrogen) atoms. The Morgan fingerprint density at radius 3 is 3.00 bits per heavy atom. The molecule has 0 radical (unpaired) electrons. The summed E-state index contributed by atoms with van der Waals surface area (Å²) < 4.78 is 30.6. The van der Waals surface area contributed by atoms with Gasteiger partial charge in [0.25, 0.3) is 0 Å². The lowest BCUT2D eigenvalue weighted by Crippen LogP contribution is -2.35. The van der Waals surface area contributed by atoms with Crippen molar-refractivity contribution in [2.24, 2.45) is 0 Å². The summed E-state index contributed by atoms with van der Waals surface area (Å²) in [5, 5.41) is -0.529. The molecular weight excluding hydrogens is 268 g/mol. The maximum absolute atomic E-state index is 11.9. The first-order chi connectivity index (χ1) is 9.03. The van der Waals surface area contributed by atoms with Crippen LogP contribution < -0.4 is 4.72 Å². The van der Waals surface area contributed by atoms with Gasteiger partial charge in [0.05, 0.1) is 11.5 Å². The first-order valence-electron chi connectivity index (χ1n) is 5.96. The second-order valence-corrected chi connectivity index (χ2v) is 6.46. The van der Waals surface area contributed by atoms with Crippen molar-refractivity contribution in [3.63, 3.8) is 0 Å². The SMILES string of the molecule is CNS(=O)(=O)C1CCN(C(=O)/C=C/c2ccco2)C1. The molecule has 0 aromatic carbocycles. The van der Waals surface area contributed by atoms with E-state index < -0.39 is 15.3 Å². The van der Waals surface area contributed by atoms with Crippen LogP contribution in [0.25, 0.3) is 6.08 Å². The molecule has 0 aliphatic carbocycles. The summed E-state index contributed by atoms with van der Waals surface area (Å²) in [7, 11) is -1.92. The molecule has 1 aromatic rings. The Bertz CT molecular complexity index is 563. The number of hydrogen-bond acceptors (Lipinski definition) is 4. The molecule has 2 heterocycles. The van der Waals surface area contributed by atoms with E-state index in [2.05, 4.69) is 4.72 Å². The third kappa shape index (κ3) is 3.24. The topological polar surface area (TPSA) is 79.6 Å². The first kappa shape index (κ1) is 13.8. The van der Waals surface area contributed by atoms with Gasteiger partial charge in [-0.2, -0.15) is 0 Å². The number of sulfonamides is 1. The van der Waals surface area contributed by atoms with Crippen LogP contribution in [-0.4, -0.2) is 44.6 Å². The minimum Gasteiger partial charge on any atom is -0.465 e. The van der Waals surface area contributed by atoms with E-state index in [1.807, 2.05) is 0 Å². The summed E-state index contributed by atoms with van der Waals surface area (Å²) >= 11 is 0. The highest BCUT2D eigenvalue weighted by Crippen LogP contribution is 2.16. The number of carbonyl (C=O) groups is 1. The molecule has 7 heteroatoms. The van der Waals surface area contributed by atoms with Gasteiger partial charge in [-0.3, -0.25) is 4.79 Å². The maximum atomic E-state index is 11.9. The van der Waals surface area contributed by atoms with Crippen molar-refractivity contribution in [1.82, 2.24) is 9.62 Å². The van der Waals surface area contributed by atoms with Gasteiger partial charge in [-0.1, -0.05) is 0 Å². The fourth-order valence-electron chi connectivity index (χ4n) is 1.99. The summed E-state index contributed by atoms with van der Waals surface area (Å²) in [4.78, 5) is 13.4. The molecule has 0 saturated carbocycles. The van der Waals surface area contributed by atoms with Crippen LogP contribution in [0.2, 0.25) is 0 Å². The van der Waals surface area contributed by atoms with Gasteiger partial charge in [0.2, 0.25) is 15.9 Å². The predicted octanol–water partition coefficient (Wildman–Crippen LogP) is 0.443. The van der Waals surface area contributed by atoms with Crippen molar-refractivity contribution in [1.29, 1.82) is 0 Å². The Hall–Kier alpha value is -1.60. The lowest BCUT2D eigenvalue weighted by Gasteiger charge is -2.14. The smallest absolute Gasteiger partial charge is 0.246 e. The molecular formula is C12H16N2O4S. The van der Waals surface area contributed by atoms with Crippen LogP contribution in [0, 0.1) is 0 Å². The van der Waals surface area contributed by atoms with E-state index in [0.717, 1.165) is 0 Å². The number of carbonyl (C=O) groups excluding carboxylic acids is 1. The highest BCUT2D eigenvalue weighted by atomic mass is 32.2. The molecule has 1 saturated heterocycles. The van der Waals surface area contributed by atoms with E-state index in [0.29, 0.717) is 18.7 Å². The fourth-order valence-corrected chi connectivity index (χ4v) is 3.12. The van der Waals surface area contributed by atoms with Crippen LogP contribution >= 0.6 is 0 Å². The first-order valence-corrected chi connectivity index (χ1v) is 7.50. The van der Waals surface area contributed by atoms with Crippen molar-refractivity contribution < 1.29 is 17.6 Å². The quantitative estimate of drug-likeness (QED) is 0.814. The molecule has 104 valence electrons. The van der Waals surface area contributed by atoms with Crippen LogP contribution in [0.3, 0.4) is 0 Å². The van der Waals surface area contributed by atoms with E-state index in [1.165, 1.54) is 24.3 Å². The summed E-state index contributed by atoms with van der Waals surface area (Å²) in [5.74, 6) is 0.386. The number of amides is 1. The largest absolute Gasteiger partial charge is 0.465 e. The second-order valence-electron chi connectivity index (χ2n) is 4.29. The van der Waals surface area contributed by atoms with Crippen molar-refractivity contribution in [3.05, 3.63) is 30.2 Å². The number of nitrogens with one attached hydrogen (secondary N) is 1. The second kappa shape index (κ2) is 5.58. The van der Waals surface area contributed by atoms with Crippen molar-refractivity contribution in [2.45, 2.75) is 11.7 Å². The number of rotatable bonds is 4. The fraction of sp³-hybridized carbons (Fsp3) is 0.417. The van der Waals surface area contributed by atoms with E-state index >= 15 is 0 Å². The molecule has 1 atom stereocenters. The van der Waals surface area contributed by atoms with E-state index in [4.69, 9.17) is 4.42 Å². The zero-order valence-corrected chi connectivity index (χ0v) is 11.4. The molecule has 2 rings (SSSR count). The van der Waals surface area contributed by atoms with Crippen molar-refractivity contribution in [2.75, 3.05) is 20.1 Å². The van der Waals surface area contributed by atoms with Gasteiger partial charge in [0.15, 0.2) is 0 Å².